The number of sulfone groups is 1. The Bertz CT molecular complexity index is 571. The molecule has 1 aliphatic heterocycles. The van der Waals surface area contributed by atoms with Gasteiger partial charge < -0.3 is 5.32 Å². The van der Waals surface area contributed by atoms with E-state index in [0.29, 0.717) is 5.02 Å². The second-order valence-electron chi connectivity index (χ2n) is 4.57. The Morgan fingerprint density at radius 3 is 2.42 bits per heavy atom. The van der Waals surface area contributed by atoms with Crippen molar-refractivity contribution >= 4 is 38.9 Å². The Morgan fingerprint density at radius 1 is 1.26 bits per heavy atom. The first-order valence-electron chi connectivity index (χ1n) is 5.74. The molecule has 7 heteroatoms. The first-order chi connectivity index (χ1) is 8.85. The van der Waals surface area contributed by atoms with Gasteiger partial charge in [-0.1, -0.05) is 23.7 Å². The topological polar surface area (TPSA) is 63.2 Å². The van der Waals surface area contributed by atoms with Gasteiger partial charge in [-0.2, -0.15) is 0 Å². The summed E-state index contributed by atoms with van der Waals surface area (Å²) in [7, 11) is -3.13. The lowest BCUT2D eigenvalue weighted by Crippen LogP contribution is -2.41. The monoisotopic (exact) mass is 321 g/mol. The van der Waals surface area contributed by atoms with E-state index in [1.807, 2.05) is 0 Å². The predicted octanol–water partition coefficient (Wildman–Crippen LogP) is 1.40. The zero-order chi connectivity index (χ0) is 14.0. The molecule has 0 unspecified atom stereocenters. The predicted molar refractivity (Wildman–Crippen MR) is 75.4 cm³/mol. The van der Waals surface area contributed by atoms with Gasteiger partial charge >= 0.3 is 0 Å². The molecule has 2 atom stereocenters. The number of nitrogens with one attached hydrogen (secondary N) is 1. The summed E-state index contributed by atoms with van der Waals surface area (Å²) >= 11 is 11.7. The smallest absolute Gasteiger partial charge is 0.224 e. The van der Waals surface area contributed by atoms with Gasteiger partial charge in [0, 0.05) is 5.02 Å². The average Bonchev–Trinajstić information content (AvgIpc) is 2.55. The fraction of sp³-hybridized carbons (Fsp3) is 0.417. The van der Waals surface area contributed by atoms with Gasteiger partial charge in [-0.3, -0.25) is 4.79 Å². The molecule has 0 radical (unpaired) electrons. The highest BCUT2D eigenvalue weighted by atomic mass is 35.5. The summed E-state index contributed by atoms with van der Waals surface area (Å²) in [5, 5.41) is 2.71. The van der Waals surface area contributed by atoms with Gasteiger partial charge in [0.15, 0.2) is 9.84 Å². The van der Waals surface area contributed by atoms with Crippen LogP contribution in [0.5, 0.6) is 0 Å². The fourth-order valence-electron chi connectivity index (χ4n) is 1.98. The minimum absolute atomic E-state index is 0.0829. The number of amides is 1. The molecule has 0 saturated carbocycles. The van der Waals surface area contributed by atoms with Crippen molar-refractivity contribution in [2.24, 2.45) is 0 Å². The maximum atomic E-state index is 11.8. The molecule has 1 saturated heterocycles. The molecule has 1 amide bonds. The summed E-state index contributed by atoms with van der Waals surface area (Å²) in [4.78, 5) is 11.8. The van der Waals surface area contributed by atoms with Crippen LogP contribution < -0.4 is 5.32 Å². The minimum Gasteiger partial charge on any atom is -0.351 e. The standard InChI is InChI=1S/C12H13Cl2NO3S/c13-9-3-1-8(2-4-9)5-12(16)15-11-7-19(17,18)6-10(11)14/h1-4,10-11H,5-7H2,(H,15,16)/t10-,11-/m0/s1. The highest BCUT2D eigenvalue weighted by Gasteiger charge is 2.37. The second kappa shape index (κ2) is 5.69. The molecular formula is C12H13Cl2NO3S. The van der Waals surface area contributed by atoms with Crippen LogP contribution in [0.25, 0.3) is 0 Å². The van der Waals surface area contributed by atoms with E-state index in [1.165, 1.54) is 0 Å². The first kappa shape index (κ1) is 14.6. The van der Waals surface area contributed by atoms with Gasteiger partial charge in [0.2, 0.25) is 5.91 Å². The number of hydrogen-bond acceptors (Lipinski definition) is 3. The van der Waals surface area contributed by atoms with Gasteiger partial charge in [0.05, 0.1) is 29.3 Å². The lowest BCUT2D eigenvalue weighted by Gasteiger charge is -2.14. The largest absolute Gasteiger partial charge is 0.351 e. The molecule has 19 heavy (non-hydrogen) atoms. The van der Waals surface area contributed by atoms with E-state index in [2.05, 4.69) is 5.32 Å². The van der Waals surface area contributed by atoms with E-state index in [9.17, 15) is 13.2 Å². The quantitative estimate of drug-likeness (QED) is 0.856. The van der Waals surface area contributed by atoms with Gasteiger partial charge in [-0.15, -0.1) is 11.6 Å². The van der Waals surface area contributed by atoms with E-state index < -0.39 is 21.3 Å². The third-order valence-electron chi connectivity index (χ3n) is 2.91. The van der Waals surface area contributed by atoms with Crippen LogP contribution in [0, 0.1) is 0 Å². The lowest BCUT2D eigenvalue weighted by atomic mass is 10.1. The summed E-state index contributed by atoms with van der Waals surface area (Å²) < 4.78 is 22.8. The molecule has 1 aliphatic rings. The first-order valence-corrected chi connectivity index (χ1v) is 8.37. The van der Waals surface area contributed by atoms with Crippen molar-refractivity contribution < 1.29 is 13.2 Å². The maximum Gasteiger partial charge on any atom is 0.224 e. The highest BCUT2D eigenvalue weighted by molar-refractivity contribution is 7.91. The molecule has 104 valence electrons. The maximum absolute atomic E-state index is 11.8. The number of halogens is 2. The van der Waals surface area contributed by atoms with Crippen LogP contribution in [0.15, 0.2) is 24.3 Å². The molecular weight excluding hydrogens is 309 g/mol. The second-order valence-corrected chi connectivity index (χ2v) is 7.72. The van der Waals surface area contributed by atoms with Crippen LogP contribution in [-0.2, 0) is 21.1 Å². The van der Waals surface area contributed by atoms with Crippen LogP contribution in [0.3, 0.4) is 0 Å². The van der Waals surface area contributed by atoms with Gasteiger partial charge in [0.25, 0.3) is 0 Å². The molecule has 1 aromatic carbocycles. The number of carbonyl (C=O) groups is 1. The van der Waals surface area contributed by atoms with Crippen LogP contribution in [-0.4, -0.2) is 37.2 Å². The van der Waals surface area contributed by atoms with Gasteiger partial charge in [0.1, 0.15) is 0 Å². The Kier molecular flexibility index (Phi) is 4.38. The van der Waals surface area contributed by atoms with Crippen LogP contribution in [0.2, 0.25) is 5.02 Å². The number of carbonyl (C=O) groups excluding carboxylic acids is 1. The van der Waals surface area contributed by atoms with Crippen molar-refractivity contribution in [1.82, 2.24) is 5.32 Å². The van der Waals surface area contributed by atoms with Crippen molar-refractivity contribution in [3.05, 3.63) is 34.9 Å². The number of rotatable bonds is 3. The minimum atomic E-state index is -3.13. The van der Waals surface area contributed by atoms with E-state index >= 15 is 0 Å². The number of alkyl halides is 1. The molecule has 1 aromatic rings. The Balaban J connectivity index is 1.93. The SMILES string of the molecule is O=C(Cc1ccc(Cl)cc1)N[C@H]1CS(=O)(=O)C[C@@H]1Cl. The molecule has 0 aliphatic carbocycles. The number of hydrogen-bond donors (Lipinski definition) is 1. The zero-order valence-corrected chi connectivity index (χ0v) is 12.3. The van der Waals surface area contributed by atoms with Crippen molar-refractivity contribution in [1.29, 1.82) is 0 Å². The van der Waals surface area contributed by atoms with Crippen molar-refractivity contribution in [2.75, 3.05) is 11.5 Å². The fourth-order valence-corrected chi connectivity index (χ4v) is 4.66. The molecule has 0 bridgehead atoms. The molecule has 4 nitrogen and oxygen atoms in total. The van der Waals surface area contributed by atoms with Crippen molar-refractivity contribution in [2.45, 2.75) is 17.8 Å². The molecule has 1 fully saturated rings. The Labute approximate surface area is 122 Å². The van der Waals surface area contributed by atoms with E-state index in [4.69, 9.17) is 23.2 Å². The summed E-state index contributed by atoms with van der Waals surface area (Å²) in [5.41, 5.74) is 0.814. The van der Waals surface area contributed by atoms with Crippen LogP contribution >= 0.6 is 23.2 Å². The summed E-state index contributed by atoms with van der Waals surface area (Å²) in [6.45, 7) is 0. The third kappa shape index (κ3) is 4.09. The summed E-state index contributed by atoms with van der Waals surface area (Å²) in [6, 6.07) is 6.41. The molecule has 0 aromatic heterocycles. The molecule has 2 rings (SSSR count). The average molecular weight is 322 g/mol. The molecule has 1 N–H and O–H groups in total. The zero-order valence-electron chi connectivity index (χ0n) is 9.97. The molecule has 0 spiro atoms. The van der Waals surface area contributed by atoms with E-state index in [-0.39, 0.29) is 23.8 Å². The van der Waals surface area contributed by atoms with E-state index in [1.54, 1.807) is 24.3 Å². The molecule has 1 heterocycles. The normalized spacial score (nSPS) is 25.2. The third-order valence-corrected chi connectivity index (χ3v) is 5.53. The number of benzene rings is 1. The lowest BCUT2D eigenvalue weighted by molar-refractivity contribution is -0.120. The Hall–Kier alpha value is -0.780. The van der Waals surface area contributed by atoms with Crippen LogP contribution in [0.1, 0.15) is 5.56 Å². The Morgan fingerprint density at radius 2 is 1.89 bits per heavy atom. The van der Waals surface area contributed by atoms with Crippen molar-refractivity contribution in [3.63, 3.8) is 0 Å². The van der Waals surface area contributed by atoms with Gasteiger partial charge in [-0.25, -0.2) is 8.42 Å². The van der Waals surface area contributed by atoms with Crippen LogP contribution in [0.4, 0.5) is 0 Å². The summed E-state index contributed by atoms with van der Waals surface area (Å²) in [6.07, 6.45) is 0.178. The van der Waals surface area contributed by atoms with Crippen molar-refractivity contribution in [3.8, 4) is 0 Å². The highest BCUT2D eigenvalue weighted by Crippen LogP contribution is 2.18. The van der Waals surface area contributed by atoms with Gasteiger partial charge in [-0.05, 0) is 17.7 Å². The van der Waals surface area contributed by atoms with E-state index in [0.717, 1.165) is 5.56 Å². The summed E-state index contributed by atoms with van der Waals surface area (Å²) in [5.74, 6) is -0.413.